The number of nitrogens with zero attached hydrogens (tertiary/aromatic N) is 5. The molecule has 1 aromatic heterocycles. The molecular weight excluding hydrogens is 310 g/mol. The minimum atomic E-state index is 0.252. The van der Waals surface area contributed by atoms with Gasteiger partial charge in [-0.25, -0.2) is 0 Å². The van der Waals surface area contributed by atoms with Gasteiger partial charge in [-0.2, -0.15) is 5.10 Å². The molecule has 126 valence electrons. The summed E-state index contributed by atoms with van der Waals surface area (Å²) in [5.41, 5.74) is 2.20. The predicted octanol–water partition coefficient (Wildman–Crippen LogP) is 1.30. The SMILES string of the molecule is Cc1nn(C)cc1CCC(=O)N1CCN(C2=NC[C@@H](C)S2)CC1. The molecule has 0 N–H and O–H groups in total. The first-order valence-corrected chi connectivity index (χ1v) is 9.14. The minimum Gasteiger partial charge on any atom is -0.348 e. The number of hydrogen-bond acceptors (Lipinski definition) is 5. The number of carbonyl (C=O) groups excluding carboxylic acids is 1. The molecule has 7 heteroatoms. The lowest BCUT2D eigenvalue weighted by Gasteiger charge is -2.35. The second-order valence-corrected chi connectivity index (χ2v) is 7.74. The van der Waals surface area contributed by atoms with Crippen LogP contribution in [0.3, 0.4) is 0 Å². The van der Waals surface area contributed by atoms with Crippen LogP contribution in [-0.4, -0.2) is 68.6 Å². The highest BCUT2D eigenvalue weighted by Crippen LogP contribution is 2.23. The third kappa shape index (κ3) is 3.88. The molecule has 1 aromatic rings. The van der Waals surface area contributed by atoms with E-state index < -0.39 is 0 Å². The van der Waals surface area contributed by atoms with Crippen molar-refractivity contribution in [3.63, 3.8) is 0 Å². The van der Waals surface area contributed by atoms with Gasteiger partial charge in [0, 0.05) is 51.1 Å². The summed E-state index contributed by atoms with van der Waals surface area (Å²) < 4.78 is 1.81. The number of hydrogen-bond donors (Lipinski definition) is 0. The molecule has 1 amide bonds. The molecule has 0 bridgehead atoms. The van der Waals surface area contributed by atoms with Crippen LogP contribution >= 0.6 is 11.8 Å². The van der Waals surface area contributed by atoms with Crippen molar-refractivity contribution in [2.45, 2.75) is 31.9 Å². The summed E-state index contributed by atoms with van der Waals surface area (Å²) in [6, 6.07) is 0. The molecule has 0 unspecified atom stereocenters. The minimum absolute atomic E-state index is 0.252. The van der Waals surface area contributed by atoms with Crippen molar-refractivity contribution in [2.75, 3.05) is 32.7 Å². The molecular formula is C16H25N5OS. The lowest BCUT2D eigenvalue weighted by molar-refractivity contribution is -0.132. The Kier molecular flexibility index (Phi) is 4.94. The Morgan fingerprint density at radius 3 is 2.65 bits per heavy atom. The van der Waals surface area contributed by atoms with Crippen LogP contribution in [-0.2, 0) is 18.3 Å². The van der Waals surface area contributed by atoms with Crippen LogP contribution in [0.1, 0.15) is 24.6 Å². The van der Waals surface area contributed by atoms with Crippen molar-refractivity contribution in [3.8, 4) is 0 Å². The van der Waals surface area contributed by atoms with Crippen molar-refractivity contribution < 1.29 is 4.79 Å². The summed E-state index contributed by atoms with van der Waals surface area (Å²) in [5.74, 6) is 0.252. The number of amides is 1. The maximum Gasteiger partial charge on any atom is 0.223 e. The summed E-state index contributed by atoms with van der Waals surface area (Å²) in [5, 5.41) is 6.08. The zero-order valence-electron chi connectivity index (χ0n) is 14.2. The predicted molar refractivity (Wildman–Crippen MR) is 93.8 cm³/mol. The molecule has 1 fully saturated rings. The Balaban J connectivity index is 1.46. The van der Waals surface area contributed by atoms with E-state index in [0.29, 0.717) is 11.7 Å². The van der Waals surface area contributed by atoms with Gasteiger partial charge >= 0.3 is 0 Å². The van der Waals surface area contributed by atoms with Crippen LogP contribution in [0, 0.1) is 6.92 Å². The van der Waals surface area contributed by atoms with Crippen LogP contribution in [0.2, 0.25) is 0 Å². The molecule has 3 rings (SSSR count). The quantitative estimate of drug-likeness (QED) is 0.835. The fourth-order valence-electron chi connectivity index (χ4n) is 3.08. The van der Waals surface area contributed by atoms with E-state index in [1.165, 1.54) is 5.56 Å². The molecule has 23 heavy (non-hydrogen) atoms. The maximum atomic E-state index is 12.4. The van der Waals surface area contributed by atoms with Gasteiger partial charge in [-0.15, -0.1) is 0 Å². The molecule has 6 nitrogen and oxygen atoms in total. The van der Waals surface area contributed by atoms with Gasteiger partial charge in [-0.1, -0.05) is 18.7 Å². The average molecular weight is 335 g/mol. The Hall–Kier alpha value is -1.50. The average Bonchev–Trinajstić information content (AvgIpc) is 3.10. The molecule has 0 spiro atoms. The van der Waals surface area contributed by atoms with Crippen molar-refractivity contribution in [2.24, 2.45) is 12.0 Å². The Bertz CT molecular complexity index is 604. The second-order valence-electron chi connectivity index (χ2n) is 6.33. The van der Waals surface area contributed by atoms with Crippen LogP contribution in [0.15, 0.2) is 11.2 Å². The summed E-state index contributed by atoms with van der Waals surface area (Å²) >= 11 is 1.86. The van der Waals surface area contributed by atoms with Gasteiger partial charge in [0.05, 0.1) is 12.2 Å². The van der Waals surface area contributed by atoms with E-state index >= 15 is 0 Å². The fraction of sp³-hybridized carbons (Fsp3) is 0.688. The third-order valence-corrected chi connectivity index (χ3v) is 5.57. The zero-order chi connectivity index (χ0) is 16.4. The lowest BCUT2D eigenvalue weighted by atomic mass is 10.1. The number of carbonyl (C=O) groups is 1. The lowest BCUT2D eigenvalue weighted by Crippen LogP contribution is -2.49. The maximum absolute atomic E-state index is 12.4. The Morgan fingerprint density at radius 1 is 1.35 bits per heavy atom. The van der Waals surface area contributed by atoms with E-state index in [2.05, 4.69) is 21.9 Å². The summed E-state index contributed by atoms with van der Waals surface area (Å²) in [6.45, 7) is 8.54. The fourth-order valence-corrected chi connectivity index (χ4v) is 4.07. The largest absolute Gasteiger partial charge is 0.348 e. The van der Waals surface area contributed by atoms with Crippen molar-refractivity contribution in [3.05, 3.63) is 17.5 Å². The number of thioether (sulfide) groups is 1. The molecule has 2 aliphatic rings. The van der Waals surface area contributed by atoms with Gasteiger partial charge < -0.3 is 9.80 Å². The van der Waals surface area contributed by atoms with E-state index in [-0.39, 0.29) is 5.91 Å². The summed E-state index contributed by atoms with van der Waals surface area (Å²) in [7, 11) is 1.92. The standard InChI is InChI=1S/C16H25N5OS/c1-12-10-17-16(23-12)21-8-6-20(7-9-21)15(22)5-4-14-11-19(3)18-13(14)2/h11-12H,4-10H2,1-3H3/t12-/m1/s1. The highest BCUT2D eigenvalue weighted by Gasteiger charge is 2.26. The molecule has 0 aromatic carbocycles. The highest BCUT2D eigenvalue weighted by atomic mass is 32.2. The Labute approximate surface area is 141 Å². The first kappa shape index (κ1) is 16.4. The van der Waals surface area contributed by atoms with Crippen LogP contribution in [0.5, 0.6) is 0 Å². The monoisotopic (exact) mass is 335 g/mol. The van der Waals surface area contributed by atoms with E-state index in [0.717, 1.165) is 50.0 Å². The van der Waals surface area contributed by atoms with Crippen molar-refractivity contribution in [1.29, 1.82) is 0 Å². The number of rotatable bonds is 3. The van der Waals surface area contributed by atoms with Crippen LogP contribution in [0.4, 0.5) is 0 Å². The number of aryl methyl sites for hydroxylation is 3. The molecule has 0 radical (unpaired) electrons. The van der Waals surface area contributed by atoms with E-state index in [1.54, 1.807) is 0 Å². The molecule has 0 aliphatic carbocycles. The van der Waals surface area contributed by atoms with Gasteiger partial charge in [-0.05, 0) is 18.9 Å². The first-order chi connectivity index (χ1) is 11.0. The van der Waals surface area contributed by atoms with Crippen LogP contribution < -0.4 is 0 Å². The number of aromatic nitrogens is 2. The first-order valence-electron chi connectivity index (χ1n) is 8.26. The zero-order valence-corrected chi connectivity index (χ0v) is 15.0. The van der Waals surface area contributed by atoms with Gasteiger partial charge in [-0.3, -0.25) is 14.5 Å². The number of amidine groups is 1. The third-order valence-electron chi connectivity index (χ3n) is 4.42. The molecule has 2 aliphatic heterocycles. The Morgan fingerprint density at radius 2 is 2.09 bits per heavy atom. The summed E-state index contributed by atoms with van der Waals surface area (Å²) in [4.78, 5) is 21.3. The smallest absolute Gasteiger partial charge is 0.223 e. The van der Waals surface area contributed by atoms with Gasteiger partial charge in [0.1, 0.15) is 0 Å². The van der Waals surface area contributed by atoms with Gasteiger partial charge in [0.2, 0.25) is 5.91 Å². The second kappa shape index (κ2) is 6.95. The van der Waals surface area contributed by atoms with Crippen molar-refractivity contribution >= 4 is 22.8 Å². The topological polar surface area (TPSA) is 53.7 Å². The van der Waals surface area contributed by atoms with E-state index in [1.807, 2.05) is 41.5 Å². The molecule has 1 saturated heterocycles. The van der Waals surface area contributed by atoms with Crippen molar-refractivity contribution in [1.82, 2.24) is 19.6 Å². The number of piperazine rings is 1. The van der Waals surface area contributed by atoms with E-state index in [9.17, 15) is 4.79 Å². The van der Waals surface area contributed by atoms with Crippen LogP contribution in [0.25, 0.3) is 0 Å². The molecule has 3 heterocycles. The van der Waals surface area contributed by atoms with Gasteiger partial charge in [0.15, 0.2) is 5.17 Å². The molecule has 1 atom stereocenters. The highest BCUT2D eigenvalue weighted by molar-refractivity contribution is 8.14. The number of aliphatic imine (C=N–C) groups is 1. The van der Waals surface area contributed by atoms with E-state index in [4.69, 9.17) is 0 Å². The normalized spacial score (nSPS) is 21.7. The molecule has 0 saturated carbocycles. The van der Waals surface area contributed by atoms with Gasteiger partial charge in [0.25, 0.3) is 0 Å². The summed E-state index contributed by atoms with van der Waals surface area (Å²) in [6.07, 6.45) is 3.36.